The molecule has 174 valence electrons. The van der Waals surface area contributed by atoms with E-state index in [2.05, 4.69) is 126 Å². The van der Waals surface area contributed by atoms with Crippen LogP contribution < -0.4 is 0 Å². The summed E-state index contributed by atoms with van der Waals surface area (Å²) < 4.78 is 13.8. The van der Waals surface area contributed by atoms with Gasteiger partial charge in [0.15, 0.2) is 11.2 Å². The molecule has 0 spiro atoms. The Balaban J connectivity index is 1.72. The zero-order valence-corrected chi connectivity index (χ0v) is 20.9. The van der Waals surface area contributed by atoms with Crippen LogP contribution in [0.15, 0.2) is 114 Å². The summed E-state index contributed by atoms with van der Waals surface area (Å²) >= 11 is 1.80. The zero-order chi connectivity index (χ0) is 24.2. The van der Waals surface area contributed by atoms with E-state index in [0.29, 0.717) is 0 Å². The van der Waals surface area contributed by atoms with Crippen molar-refractivity contribution >= 4 is 54.0 Å². The number of hydrogen-bond donors (Lipinski definition) is 0. The van der Waals surface area contributed by atoms with Crippen LogP contribution in [-0.4, -0.2) is 9.13 Å². The first kappa shape index (κ1) is 21.0. The highest BCUT2D eigenvalue weighted by Crippen LogP contribution is 2.38. The fourth-order valence-electron chi connectivity index (χ4n) is 4.98. The van der Waals surface area contributed by atoms with Gasteiger partial charge in [-0.1, -0.05) is 59.7 Å². The lowest BCUT2D eigenvalue weighted by molar-refractivity contribution is 0.655. The van der Waals surface area contributed by atoms with Gasteiger partial charge in [-0.05, 0) is 74.5 Å². The van der Waals surface area contributed by atoms with Crippen LogP contribution in [-0.2, 0) is 0 Å². The molecule has 0 aliphatic carbocycles. The molecule has 0 fully saturated rings. The number of rotatable bonds is 2. The van der Waals surface area contributed by atoms with Gasteiger partial charge in [-0.3, -0.25) is 0 Å². The van der Waals surface area contributed by atoms with Gasteiger partial charge in [0.1, 0.15) is 5.52 Å². The third-order valence-electron chi connectivity index (χ3n) is 6.77. The molecule has 7 rings (SSSR count). The van der Waals surface area contributed by atoms with Gasteiger partial charge >= 0.3 is 0 Å². The second-order valence-corrected chi connectivity index (χ2v) is 10.3. The van der Waals surface area contributed by atoms with Gasteiger partial charge in [-0.25, -0.2) is 0 Å². The summed E-state index contributed by atoms with van der Waals surface area (Å²) in [6.45, 7) is 4.24. The smallest absolute Gasteiger partial charge is 0.176 e. The highest BCUT2D eigenvalue weighted by atomic mass is 32.1. The normalized spacial score (nSPS) is 11.6. The fourth-order valence-corrected chi connectivity index (χ4v) is 6.05. The second kappa shape index (κ2) is 8.14. The lowest BCUT2D eigenvalue weighted by atomic mass is 10.1. The van der Waals surface area contributed by atoms with Crippen molar-refractivity contribution in [2.24, 2.45) is 0 Å². The van der Waals surface area contributed by atoms with Gasteiger partial charge in [0.25, 0.3) is 0 Å². The topological polar surface area (TPSA) is 23.0 Å². The van der Waals surface area contributed by atoms with Crippen molar-refractivity contribution in [3.8, 4) is 11.4 Å². The van der Waals surface area contributed by atoms with E-state index in [1.165, 1.54) is 20.5 Å². The van der Waals surface area contributed by atoms with Crippen LogP contribution in [0.5, 0.6) is 0 Å². The van der Waals surface area contributed by atoms with E-state index >= 15 is 0 Å². The lowest BCUT2D eigenvalue weighted by Crippen LogP contribution is -2.03. The van der Waals surface area contributed by atoms with Crippen LogP contribution in [0.1, 0.15) is 11.1 Å². The Morgan fingerprint density at radius 3 is 1.86 bits per heavy atom. The predicted molar refractivity (Wildman–Crippen MR) is 152 cm³/mol. The zero-order valence-electron chi connectivity index (χ0n) is 20.1. The Hall–Kier alpha value is -4.28. The number of fused-ring (bicyclic) bond motifs is 5. The molecule has 7 aromatic rings. The third-order valence-corrected chi connectivity index (χ3v) is 7.88. The van der Waals surface area contributed by atoms with Gasteiger partial charge in [0.2, 0.25) is 0 Å². The molecule has 4 heteroatoms. The first-order valence-electron chi connectivity index (χ1n) is 12.1. The highest BCUT2D eigenvalue weighted by Gasteiger charge is 2.17. The Morgan fingerprint density at radius 1 is 0.528 bits per heavy atom. The summed E-state index contributed by atoms with van der Waals surface area (Å²) in [7, 11) is 0. The molecule has 0 saturated heterocycles. The van der Waals surface area contributed by atoms with Crippen LogP contribution in [0, 0.1) is 13.8 Å². The van der Waals surface area contributed by atoms with Crippen LogP contribution in [0.25, 0.3) is 54.0 Å². The van der Waals surface area contributed by atoms with Crippen molar-refractivity contribution in [2.75, 3.05) is 0 Å². The minimum Gasteiger partial charge on any atom is -0.451 e. The van der Waals surface area contributed by atoms with E-state index in [-0.39, 0.29) is 0 Å². The molecule has 0 N–H and O–H groups in total. The van der Waals surface area contributed by atoms with E-state index in [4.69, 9.17) is 4.42 Å². The van der Waals surface area contributed by atoms with Crippen molar-refractivity contribution in [2.45, 2.75) is 13.8 Å². The number of aryl methyl sites for hydroxylation is 2. The summed E-state index contributed by atoms with van der Waals surface area (Å²) in [6.07, 6.45) is 0. The average Bonchev–Trinajstić information content (AvgIpc) is 2.91. The van der Waals surface area contributed by atoms with Gasteiger partial charge in [0.05, 0.1) is 25.9 Å². The van der Waals surface area contributed by atoms with Crippen molar-refractivity contribution in [3.05, 3.63) is 120 Å². The fraction of sp³-hybridized carbons (Fsp3) is 0.0625. The van der Waals surface area contributed by atoms with Crippen LogP contribution in [0.3, 0.4) is 0 Å². The summed E-state index contributed by atoms with van der Waals surface area (Å²) in [5, 5.41) is 0. The molecule has 0 unspecified atom stereocenters. The standard InChI is InChI=1S/C32H24N2OS/c1-21-11-15-23(16-12-21)33-25-7-3-5-9-28(25)35-32-27(33)19-20-30-31(32)34(24-17-13-22(2)14-18-24)26-8-4-6-10-29(26)36-30/h3-20H,1-2H3. The Bertz CT molecular complexity index is 1950. The molecular formula is C32H24N2OS. The molecule has 0 radical (unpaired) electrons. The van der Waals surface area contributed by atoms with Crippen molar-refractivity contribution in [1.82, 2.24) is 9.13 Å². The van der Waals surface area contributed by atoms with E-state index in [1.54, 1.807) is 11.3 Å². The number of nitrogens with zero attached hydrogens (tertiary/aromatic N) is 2. The molecule has 0 amide bonds. The average molecular weight is 485 g/mol. The van der Waals surface area contributed by atoms with Crippen molar-refractivity contribution < 1.29 is 4.42 Å². The SMILES string of the molecule is Cc1ccc(-n2c3ccccc3oc3c2ccc2sc4ccccc4n(-c4ccc(C)cc4)c23)cc1. The van der Waals surface area contributed by atoms with Crippen LogP contribution in [0.4, 0.5) is 0 Å². The quantitative estimate of drug-likeness (QED) is 0.177. The van der Waals surface area contributed by atoms with E-state index < -0.39 is 0 Å². The maximum Gasteiger partial charge on any atom is 0.176 e. The van der Waals surface area contributed by atoms with Gasteiger partial charge < -0.3 is 13.6 Å². The largest absolute Gasteiger partial charge is 0.451 e. The molecule has 5 aromatic carbocycles. The predicted octanol–water partition coefficient (Wildman–Crippen LogP) is 9.28. The van der Waals surface area contributed by atoms with Crippen LogP contribution in [0.2, 0.25) is 0 Å². The third kappa shape index (κ3) is 3.26. The van der Waals surface area contributed by atoms with Crippen LogP contribution >= 0.6 is 11.3 Å². The number of para-hydroxylation sites is 3. The summed E-state index contributed by atoms with van der Waals surface area (Å²) in [4.78, 5) is 0. The monoisotopic (exact) mass is 484 g/mol. The first-order valence-corrected chi connectivity index (χ1v) is 12.9. The number of aromatic nitrogens is 2. The minimum atomic E-state index is 0.853. The summed E-state index contributed by atoms with van der Waals surface area (Å²) in [5.41, 5.74) is 10.8. The lowest BCUT2D eigenvalue weighted by Gasteiger charge is -2.20. The second-order valence-electron chi connectivity index (χ2n) is 9.24. The summed E-state index contributed by atoms with van der Waals surface area (Å²) in [6, 6.07) is 38.7. The highest BCUT2D eigenvalue weighted by molar-refractivity contribution is 7.24. The van der Waals surface area contributed by atoms with Gasteiger partial charge in [-0.2, -0.15) is 0 Å². The van der Waals surface area contributed by atoms with Gasteiger partial charge in [0, 0.05) is 11.4 Å². The molecule has 0 bridgehead atoms. The molecule has 36 heavy (non-hydrogen) atoms. The number of benzene rings is 5. The van der Waals surface area contributed by atoms with E-state index in [9.17, 15) is 0 Å². The Labute approximate surface area is 212 Å². The number of hydrogen-bond acceptors (Lipinski definition) is 2. The van der Waals surface area contributed by atoms with Crippen molar-refractivity contribution in [1.29, 1.82) is 0 Å². The minimum absolute atomic E-state index is 0.853. The van der Waals surface area contributed by atoms with Crippen molar-refractivity contribution in [3.63, 3.8) is 0 Å². The summed E-state index contributed by atoms with van der Waals surface area (Å²) in [5.74, 6) is 0. The maximum atomic E-state index is 6.75. The molecule has 0 aliphatic rings. The molecular weight excluding hydrogens is 460 g/mol. The maximum absolute atomic E-state index is 6.75. The Kier molecular flexibility index (Phi) is 4.76. The van der Waals surface area contributed by atoms with E-state index in [0.717, 1.165) is 44.6 Å². The molecule has 2 aromatic heterocycles. The first-order chi connectivity index (χ1) is 17.7. The molecule has 0 atom stereocenters. The molecule has 3 nitrogen and oxygen atoms in total. The Morgan fingerprint density at radius 2 is 1.14 bits per heavy atom. The van der Waals surface area contributed by atoms with Gasteiger partial charge in [-0.15, -0.1) is 11.3 Å². The molecule has 2 heterocycles. The van der Waals surface area contributed by atoms with E-state index in [1.807, 2.05) is 6.07 Å². The molecule has 0 saturated carbocycles. The molecule has 0 aliphatic heterocycles.